The molecule has 3 aromatic rings. The number of hydrogen-bond acceptors (Lipinski definition) is 5. The largest absolute Gasteiger partial charge is 0.343 e. The molecule has 0 saturated heterocycles. The van der Waals surface area contributed by atoms with E-state index in [1.54, 1.807) is 9.80 Å². The van der Waals surface area contributed by atoms with Gasteiger partial charge in [-0.15, -0.1) is 0 Å². The van der Waals surface area contributed by atoms with Gasteiger partial charge in [-0.3, -0.25) is 24.5 Å². The highest BCUT2D eigenvalue weighted by atomic mass is 16.6. The van der Waals surface area contributed by atoms with Gasteiger partial charge in [-0.1, -0.05) is 55.0 Å². The lowest BCUT2D eigenvalue weighted by atomic mass is 10.0. The SMILES string of the molecule is O=C(NCC(=O)N1c2ccccc2N(Cc2ccccc2)C(=O)[C@H]2CCC[C@H]21)c1cccc([N+](=O)[O-])c1. The van der Waals surface area contributed by atoms with Crippen LogP contribution in [0.1, 0.15) is 35.2 Å². The molecule has 0 spiro atoms. The fourth-order valence-electron chi connectivity index (χ4n) is 5.28. The van der Waals surface area contributed by atoms with Crippen LogP contribution in [0.2, 0.25) is 0 Å². The number of carbonyl (C=O) groups is 3. The molecular weight excluding hydrogens is 472 g/mol. The summed E-state index contributed by atoms with van der Waals surface area (Å²) in [5, 5.41) is 13.7. The Labute approximate surface area is 213 Å². The second kappa shape index (κ2) is 10.2. The van der Waals surface area contributed by atoms with Crippen molar-refractivity contribution in [1.82, 2.24) is 5.32 Å². The van der Waals surface area contributed by atoms with Gasteiger partial charge in [0.05, 0.1) is 35.3 Å². The highest BCUT2D eigenvalue weighted by Crippen LogP contribution is 2.43. The molecule has 2 atom stereocenters. The van der Waals surface area contributed by atoms with Gasteiger partial charge in [0.2, 0.25) is 11.8 Å². The third kappa shape index (κ3) is 4.80. The lowest BCUT2D eigenvalue weighted by molar-refractivity contribution is -0.384. The summed E-state index contributed by atoms with van der Waals surface area (Å²) in [4.78, 5) is 54.0. The van der Waals surface area contributed by atoms with E-state index in [1.165, 1.54) is 24.3 Å². The predicted octanol–water partition coefficient (Wildman–Crippen LogP) is 4.07. The molecule has 0 aromatic heterocycles. The van der Waals surface area contributed by atoms with Crippen molar-refractivity contribution >= 4 is 34.8 Å². The van der Waals surface area contributed by atoms with E-state index in [4.69, 9.17) is 0 Å². The first-order chi connectivity index (χ1) is 17.9. The molecule has 9 heteroatoms. The first-order valence-corrected chi connectivity index (χ1v) is 12.2. The van der Waals surface area contributed by atoms with Gasteiger partial charge < -0.3 is 15.1 Å². The van der Waals surface area contributed by atoms with Crippen LogP contribution in [0.4, 0.5) is 17.1 Å². The smallest absolute Gasteiger partial charge is 0.270 e. The van der Waals surface area contributed by atoms with Crippen molar-refractivity contribution in [2.75, 3.05) is 16.3 Å². The predicted molar refractivity (Wildman–Crippen MR) is 138 cm³/mol. The monoisotopic (exact) mass is 498 g/mol. The van der Waals surface area contributed by atoms with E-state index in [0.29, 0.717) is 30.8 Å². The van der Waals surface area contributed by atoms with Gasteiger partial charge in [-0.2, -0.15) is 0 Å². The number of nitrogens with zero attached hydrogens (tertiary/aromatic N) is 3. The summed E-state index contributed by atoms with van der Waals surface area (Å²) < 4.78 is 0. The summed E-state index contributed by atoms with van der Waals surface area (Å²) in [6.07, 6.45) is 2.20. The van der Waals surface area contributed by atoms with E-state index in [9.17, 15) is 24.5 Å². The summed E-state index contributed by atoms with van der Waals surface area (Å²) in [6.45, 7) is 0.0947. The first kappa shape index (κ1) is 24.2. The van der Waals surface area contributed by atoms with E-state index < -0.39 is 10.8 Å². The van der Waals surface area contributed by atoms with E-state index in [-0.39, 0.29) is 41.6 Å². The molecule has 1 fully saturated rings. The van der Waals surface area contributed by atoms with Crippen molar-refractivity contribution in [2.45, 2.75) is 31.8 Å². The number of benzene rings is 3. The molecule has 2 aliphatic rings. The molecule has 0 unspecified atom stereocenters. The molecule has 9 nitrogen and oxygen atoms in total. The molecule has 1 aliphatic carbocycles. The molecule has 5 rings (SSSR count). The van der Waals surface area contributed by atoms with Crippen LogP contribution in [0.15, 0.2) is 78.9 Å². The maximum atomic E-state index is 13.8. The molecule has 1 aliphatic heterocycles. The van der Waals surface area contributed by atoms with Crippen LogP contribution in [0.5, 0.6) is 0 Å². The first-order valence-electron chi connectivity index (χ1n) is 12.2. The van der Waals surface area contributed by atoms with Crippen LogP contribution >= 0.6 is 0 Å². The van der Waals surface area contributed by atoms with Gasteiger partial charge in [0.15, 0.2) is 0 Å². The Morgan fingerprint density at radius 1 is 0.946 bits per heavy atom. The number of hydrogen-bond donors (Lipinski definition) is 1. The van der Waals surface area contributed by atoms with Crippen LogP contribution < -0.4 is 15.1 Å². The van der Waals surface area contributed by atoms with E-state index in [2.05, 4.69) is 5.32 Å². The number of nitro benzene ring substituents is 1. The second-order valence-corrected chi connectivity index (χ2v) is 9.26. The van der Waals surface area contributed by atoms with Crippen molar-refractivity contribution in [3.8, 4) is 0 Å². The summed E-state index contributed by atoms with van der Waals surface area (Å²) >= 11 is 0. The molecule has 188 valence electrons. The Balaban J connectivity index is 1.43. The molecule has 3 amide bonds. The molecule has 37 heavy (non-hydrogen) atoms. The number of non-ortho nitro benzene ring substituents is 1. The summed E-state index contributed by atoms with van der Waals surface area (Å²) in [5.41, 5.74) is 2.18. The molecule has 1 N–H and O–H groups in total. The summed E-state index contributed by atoms with van der Waals surface area (Å²) in [7, 11) is 0. The molecule has 1 saturated carbocycles. The van der Waals surface area contributed by atoms with Crippen LogP contribution in [0.3, 0.4) is 0 Å². The third-order valence-electron chi connectivity index (χ3n) is 7.00. The number of nitro groups is 1. The van der Waals surface area contributed by atoms with Gasteiger partial charge in [0.1, 0.15) is 0 Å². The van der Waals surface area contributed by atoms with Crippen molar-refractivity contribution in [2.24, 2.45) is 5.92 Å². The second-order valence-electron chi connectivity index (χ2n) is 9.26. The fourth-order valence-corrected chi connectivity index (χ4v) is 5.28. The molecule has 1 heterocycles. The van der Waals surface area contributed by atoms with Crippen LogP contribution in [-0.2, 0) is 16.1 Å². The van der Waals surface area contributed by atoms with Crippen LogP contribution in [0, 0.1) is 16.0 Å². The van der Waals surface area contributed by atoms with Crippen molar-refractivity contribution < 1.29 is 19.3 Å². The number of amides is 3. The minimum atomic E-state index is -0.579. The zero-order valence-corrected chi connectivity index (χ0v) is 20.1. The minimum absolute atomic E-state index is 0.00488. The number of para-hydroxylation sites is 2. The number of carbonyl (C=O) groups excluding carboxylic acids is 3. The Morgan fingerprint density at radius 3 is 2.43 bits per heavy atom. The Morgan fingerprint density at radius 2 is 1.68 bits per heavy atom. The molecule has 0 radical (unpaired) electrons. The molecule has 3 aromatic carbocycles. The Hall–Kier alpha value is -4.53. The topological polar surface area (TPSA) is 113 Å². The van der Waals surface area contributed by atoms with E-state index >= 15 is 0 Å². The van der Waals surface area contributed by atoms with Gasteiger partial charge in [0, 0.05) is 23.7 Å². The lowest BCUT2D eigenvalue weighted by Crippen LogP contribution is -2.48. The lowest BCUT2D eigenvalue weighted by Gasteiger charge is -2.30. The number of anilines is 2. The van der Waals surface area contributed by atoms with Crippen LogP contribution in [0.25, 0.3) is 0 Å². The Bertz CT molecular complexity index is 1360. The van der Waals surface area contributed by atoms with Gasteiger partial charge in [0.25, 0.3) is 11.6 Å². The van der Waals surface area contributed by atoms with Crippen molar-refractivity contribution in [1.29, 1.82) is 0 Å². The normalized spacial score (nSPS) is 18.5. The summed E-state index contributed by atoms with van der Waals surface area (Å²) in [6, 6.07) is 22.1. The molecule has 0 bridgehead atoms. The van der Waals surface area contributed by atoms with Gasteiger partial charge in [-0.05, 0) is 36.6 Å². The number of nitrogens with one attached hydrogen (secondary N) is 1. The zero-order chi connectivity index (χ0) is 25.9. The van der Waals surface area contributed by atoms with Crippen molar-refractivity contribution in [3.63, 3.8) is 0 Å². The highest BCUT2D eigenvalue weighted by Gasteiger charge is 2.45. The van der Waals surface area contributed by atoms with Crippen LogP contribution in [-0.4, -0.2) is 35.2 Å². The fraction of sp³-hybridized carbons (Fsp3) is 0.250. The third-order valence-corrected chi connectivity index (χ3v) is 7.00. The van der Waals surface area contributed by atoms with E-state index in [1.807, 2.05) is 54.6 Å². The highest BCUT2D eigenvalue weighted by molar-refractivity contribution is 6.08. The molecular formula is C28H26N4O5. The number of fused-ring (bicyclic) bond motifs is 2. The van der Waals surface area contributed by atoms with E-state index in [0.717, 1.165) is 12.0 Å². The average Bonchev–Trinajstić information content (AvgIpc) is 3.37. The Kier molecular flexibility index (Phi) is 6.68. The quantitative estimate of drug-likeness (QED) is 0.407. The van der Waals surface area contributed by atoms with Gasteiger partial charge in [-0.25, -0.2) is 0 Å². The summed E-state index contributed by atoms with van der Waals surface area (Å²) in [5.74, 6) is -1.26. The van der Waals surface area contributed by atoms with Crippen molar-refractivity contribution in [3.05, 3.63) is 100 Å². The standard InChI is InChI=1S/C28H26N4O5/c33-26(17-29-27(34)20-10-6-11-21(16-20)32(36)37)31-23-15-7-12-22(23)28(35)30(18-19-8-2-1-3-9-19)24-13-4-5-14-25(24)31/h1-6,8-11,13-14,16,22-23H,7,12,15,17-18H2,(H,29,34)/t22-,23+/m0/s1. The maximum absolute atomic E-state index is 13.8. The van der Waals surface area contributed by atoms with Gasteiger partial charge >= 0.3 is 0 Å². The minimum Gasteiger partial charge on any atom is -0.343 e. The maximum Gasteiger partial charge on any atom is 0.270 e. The zero-order valence-electron chi connectivity index (χ0n) is 20.1. The average molecular weight is 499 g/mol. The number of rotatable bonds is 6.